The van der Waals surface area contributed by atoms with Crippen molar-refractivity contribution < 1.29 is 18.8 Å². The van der Waals surface area contributed by atoms with Gasteiger partial charge in [0, 0.05) is 17.1 Å². The maximum Gasteiger partial charge on any atom is 0.335 e. The second-order valence-corrected chi connectivity index (χ2v) is 7.38. The molecule has 4 rings (SSSR count). The number of rotatable bonds is 3. The summed E-state index contributed by atoms with van der Waals surface area (Å²) in [4.78, 5) is 38.6. The third kappa shape index (κ3) is 3.54. The quantitative estimate of drug-likeness (QED) is 0.513. The van der Waals surface area contributed by atoms with Crippen LogP contribution in [0.3, 0.4) is 0 Å². The SMILES string of the molecule is Cc1ccccc1-n1c(C)cc(C=C2C(=O)NC(=O)N(c3ccc(F)cc3)C2=O)c1C. The number of para-hydroxylation sites is 1. The number of aromatic nitrogens is 1. The molecule has 0 unspecified atom stereocenters. The molecule has 6 nitrogen and oxygen atoms in total. The Morgan fingerprint density at radius 1 is 0.935 bits per heavy atom. The van der Waals surface area contributed by atoms with E-state index in [9.17, 15) is 18.8 Å². The van der Waals surface area contributed by atoms with Crippen molar-refractivity contribution in [1.29, 1.82) is 0 Å². The summed E-state index contributed by atoms with van der Waals surface area (Å²) < 4.78 is 15.3. The minimum atomic E-state index is -0.871. The monoisotopic (exact) mass is 417 g/mol. The van der Waals surface area contributed by atoms with Gasteiger partial charge in [-0.25, -0.2) is 14.1 Å². The summed E-state index contributed by atoms with van der Waals surface area (Å²) in [6.45, 7) is 5.86. The van der Waals surface area contributed by atoms with Crippen LogP contribution in [-0.4, -0.2) is 22.4 Å². The lowest BCUT2D eigenvalue weighted by Crippen LogP contribution is -2.54. The van der Waals surface area contributed by atoms with E-state index in [0.717, 1.165) is 39.7 Å². The van der Waals surface area contributed by atoms with Crippen LogP contribution in [0.2, 0.25) is 0 Å². The lowest BCUT2D eigenvalue weighted by molar-refractivity contribution is -0.122. The normalized spacial score (nSPS) is 15.5. The summed E-state index contributed by atoms with van der Waals surface area (Å²) >= 11 is 0. The molecule has 0 bridgehead atoms. The number of barbiturate groups is 1. The first kappa shape index (κ1) is 20.3. The predicted molar refractivity (Wildman–Crippen MR) is 115 cm³/mol. The molecule has 1 N–H and O–H groups in total. The number of carbonyl (C=O) groups is 3. The topological polar surface area (TPSA) is 71.4 Å². The maximum atomic E-state index is 13.3. The van der Waals surface area contributed by atoms with Crippen molar-refractivity contribution in [2.75, 3.05) is 4.90 Å². The third-order valence-electron chi connectivity index (χ3n) is 5.31. The molecule has 0 spiro atoms. The number of carbonyl (C=O) groups excluding carboxylic acids is 3. The van der Waals surface area contributed by atoms with Gasteiger partial charge >= 0.3 is 6.03 Å². The lowest BCUT2D eigenvalue weighted by Gasteiger charge is -2.26. The van der Waals surface area contributed by atoms with Crippen molar-refractivity contribution in [2.45, 2.75) is 20.8 Å². The summed E-state index contributed by atoms with van der Waals surface area (Å²) in [6, 6.07) is 13.8. The van der Waals surface area contributed by atoms with E-state index in [2.05, 4.69) is 9.88 Å². The number of halogens is 1. The molecule has 0 aliphatic carbocycles. The standard InChI is InChI=1S/C24H20FN3O3/c1-14-6-4-5-7-21(14)27-15(2)12-17(16(27)3)13-20-22(29)26-24(31)28(23(20)30)19-10-8-18(25)9-11-19/h4-13H,1-3H3,(H,26,29,31). The maximum absolute atomic E-state index is 13.3. The van der Waals surface area contributed by atoms with Crippen molar-refractivity contribution in [3.63, 3.8) is 0 Å². The minimum Gasteiger partial charge on any atom is -0.318 e. The highest BCUT2D eigenvalue weighted by atomic mass is 19.1. The number of hydrogen-bond acceptors (Lipinski definition) is 3. The molecule has 0 radical (unpaired) electrons. The number of aryl methyl sites for hydroxylation is 2. The van der Waals surface area contributed by atoms with Crippen molar-refractivity contribution in [2.24, 2.45) is 0 Å². The summed E-state index contributed by atoms with van der Waals surface area (Å²) in [6.07, 6.45) is 1.48. The van der Waals surface area contributed by atoms with Gasteiger partial charge in [0.05, 0.1) is 5.69 Å². The lowest BCUT2D eigenvalue weighted by atomic mass is 10.1. The first-order chi connectivity index (χ1) is 14.8. The van der Waals surface area contributed by atoms with Gasteiger partial charge in [0.1, 0.15) is 11.4 Å². The average Bonchev–Trinajstić information content (AvgIpc) is 3.00. The van der Waals surface area contributed by atoms with Gasteiger partial charge in [-0.15, -0.1) is 0 Å². The van der Waals surface area contributed by atoms with Crippen LogP contribution in [0.5, 0.6) is 0 Å². The summed E-state index contributed by atoms with van der Waals surface area (Å²) in [5.74, 6) is -2.03. The number of nitrogens with zero attached hydrogens (tertiary/aromatic N) is 2. The number of nitrogens with one attached hydrogen (secondary N) is 1. The molecule has 2 aromatic carbocycles. The molecule has 4 amide bonds. The summed E-state index contributed by atoms with van der Waals surface area (Å²) in [5, 5.41) is 2.18. The molecule has 0 saturated carbocycles. The van der Waals surface area contributed by atoms with Gasteiger partial charge in [-0.3, -0.25) is 14.9 Å². The molecule has 2 heterocycles. The fourth-order valence-corrected chi connectivity index (χ4v) is 3.76. The molecule has 156 valence electrons. The highest BCUT2D eigenvalue weighted by Gasteiger charge is 2.37. The number of amides is 4. The molecule has 3 aromatic rings. The smallest absolute Gasteiger partial charge is 0.318 e. The predicted octanol–water partition coefficient (Wildman–Crippen LogP) is 4.21. The van der Waals surface area contributed by atoms with Crippen LogP contribution >= 0.6 is 0 Å². The molecule has 1 aliphatic heterocycles. The number of imide groups is 2. The van der Waals surface area contributed by atoms with Gasteiger partial charge in [-0.05, 0) is 74.4 Å². The van der Waals surface area contributed by atoms with Crippen molar-refractivity contribution in [3.05, 3.63) is 88.5 Å². The summed E-state index contributed by atoms with van der Waals surface area (Å²) in [7, 11) is 0. The van der Waals surface area contributed by atoms with Gasteiger partial charge in [0.25, 0.3) is 11.8 Å². The van der Waals surface area contributed by atoms with Gasteiger partial charge in [-0.1, -0.05) is 18.2 Å². The highest BCUT2D eigenvalue weighted by molar-refractivity contribution is 6.39. The Kier molecular flexibility index (Phi) is 5.02. The molecular weight excluding hydrogens is 397 g/mol. The van der Waals surface area contributed by atoms with E-state index in [-0.39, 0.29) is 11.3 Å². The number of hydrogen-bond donors (Lipinski definition) is 1. The molecule has 31 heavy (non-hydrogen) atoms. The first-order valence-corrected chi connectivity index (χ1v) is 9.70. The number of anilines is 1. The largest absolute Gasteiger partial charge is 0.335 e. The molecule has 1 fully saturated rings. The first-order valence-electron chi connectivity index (χ1n) is 9.70. The zero-order valence-electron chi connectivity index (χ0n) is 17.3. The molecule has 7 heteroatoms. The van der Waals surface area contributed by atoms with E-state index in [4.69, 9.17) is 0 Å². The second kappa shape index (κ2) is 7.68. The molecule has 1 aliphatic rings. The Morgan fingerprint density at radius 2 is 1.61 bits per heavy atom. The highest BCUT2D eigenvalue weighted by Crippen LogP contribution is 2.27. The van der Waals surface area contributed by atoms with E-state index in [1.165, 1.54) is 18.2 Å². The van der Waals surface area contributed by atoms with Crippen LogP contribution in [0.1, 0.15) is 22.5 Å². The van der Waals surface area contributed by atoms with Crippen LogP contribution in [0.4, 0.5) is 14.9 Å². The Labute approximate surface area is 178 Å². The van der Waals surface area contributed by atoms with E-state index < -0.39 is 23.7 Å². The summed E-state index contributed by atoms with van der Waals surface area (Å²) in [5.41, 5.74) is 4.57. The molecule has 1 saturated heterocycles. The third-order valence-corrected chi connectivity index (χ3v) is 5.31. The van der Waals surface area contributed by atoms with E-state index >= 15 is 0 Å². The second-order valence-electron chi connectivity index (χ2n) is 7.38. The Bertz CT molecular complexity index is 1260. The van der Waals surface area contributed by atoms with Crippen molar-refractivity contribution >= 4 is 29.6 Å². The zero-order valence-corrected chi connectivity index (χ0v) is 17.3. The Morgan fingerprint density at radius 3 is 2.29 bits per heavy atom. The van der Waals surface area contributed by atoms with Crippen LogP contribution in [0, 0.1) is 26.6 Å². The average molecular weight is 417 g/mol. The van der Waals surface area contributed by atoms with Crippen LogP contribution in [0.25, 0.3) is 11.8 Å². The molecule has 0 atom stereocenters. The molecular formula is C24H20FN3O3. The van der Waals surface area contributed by atoms with Crippen LogP contribution < -0.4 is 10.2 Å². The van der Waals surface area contributed by atoms with Crippen LogP contribution in [-0.2, 0) is 9.59 Å². The van der Waals surface area contributed by atoms with Gasteiger partial charge in [0.2, 0.25) is 0 Å². The number of benzene rings is 2. The zero-order chi connectivity index (χ0) is 22.3. The van der Waals surface area contributed by atoms with Crippen LogP contribution in [0.15, 0.2) is 60.2 Å². The van der Waals surface area contributed by atoms with Gasteiger partial charge < -0.3 is 4.57 Å². The Hall–Kier alpha value is -4.00. The van der Waals surface area contributed by atoms with E-state index in [1.807, 2.05) is 51.1 Å². The fraction of sp³-hybridized carbons (Fsp3) is 0.125. The minimum absolute atomic E-state index is 0.172. The van der Waals surface area contributed by atoms with Gasteiger partial charge in [-0.2, -0.15) is 0 Å². The van der Waals surface area contributed by atoms with Crippen molar-refractivity contribution in [3.8, 4) is 5.69 Å². The molecule has 1 aromatic heterocycles. The Balaban J connectivity index is 1.77. The van der Waals surface area contributed by atoms with E-state index in [0.29, 0.717) is 5.56 Å². The van der Waals surface area contributed by atoms with Gasteiger partial charge in [0.15, 0.2) is 0 Å². The number of urea groups is 1. The van der Waals surface area contributed by atoms with E-state index in [1.54, 1.807) is 0 Å². The van der Waals surface area contributed by atoms with Crippen molar-refractivity contribution in [1.82, 2.24) is 9.88 Å². The fourth-order valence-electron chi connectivity index (χ4n) is 3.76.